The summed E-state index contributed by atoms with van der Waals surface area (Å²) in [4.78, 5) is 62.3. The molecule has 2 N–H and O–H groups in total. The molecule has 1 saturated heterocycles. The predicted octanol–water partition coefficient (Wildman–Crippen LogP) is 0.508. The smallest absolute Gasteiger partial charge is 0.407 e. The number of hydrogen-bond acceptors (Lipinski definition) is 12. The fourth-order valence-corrected chi connectivity index (χ4v) is 3.87. The van der Waals surface area contributed by atoms with Gasteiger partial charge < -0.3 is 29.6 Å². The zero-order valence-electron chi connectivity index (χ0n) is 20.6. The summed E-state index contributed by atoms with van der Waals surface area (Å²) in [5.41, 5.74) is 0. The minimum absolute atomic E-state index is 0.0288. The lowest BCUT2D eigenvalue weighted by atomic mass is 10.4. The molecule has 0 aromatic carbocycles. The van der Waals surface area contributed by atoms with Gasteiger partial charge >= 0.3 is 24.1 Å². The van der Waals surface area contributed by atoms with Crippen LogP contribution in [-0.2, 0) is 33.3 Å². The van der Waals surface area contributed by atoms with Gasteiger partial charge in [0.25, 0.3) is 0 Å². The molecule has 0 aromatic heterocycles. The third-order valence-corrected chi connectivity index (χ3v) is 5.82. The first kappa shape index (κ1) is 31.4. The van der Waals surface area contributed by atoms with Crippen molar-refractivity contribution in [2.75, 3.05) is 71.4 Å². The Morgan fingerprint density at radius 2 is 1.36 bits per heavy atom. The number of thiocarbonyl (C=S) groups is 1. The van der Waals surface area contributed by atoms with Gasteiger partial charge in [-0.3, -0.25) is 24.2 Å². The average molecular weight is 551 g/mol. The highest BCUT2D eigenvalue weighted by atomic mass is 32.2. The van der Waals surface area contributed by atoms with Crippen molar-refractivity contribution >= 4 is 58.3 Å². The molecule has 204 valence electrons. The molecule has 1 fully saturated rings. The van der Waals surface area contributed by atoms with E-state index in [4.69, 9.17) is 31.2 Å². The molecule has 0 saturated carbocycles. The van der Waals surface area contributed by atoms with Gasteiger partial charge in [-0.15, -0.1) is 0 Å². The Labute approximate surface area is 219 Å². The second-order valence-electron chi connectivity index (χ2n) is 7.36. The van der Waals surface area contributed by atoms with Gasteiger partial charge in [-0.25, -0.2) is 9.59 Å². The molecule has 0 aliphatic carbocycles. The van der Waals surface area contributed by atoms with Crippen molar-refractivity contribution in [1.29, 1.82) is 0 Å². The van der Waals surface area contributed by atoms with Crippen molar-refractivity contribution in [3.63, 3.8) is 0 Å². The van der Waals surface area contributed by atoms with Crippen LogP contribution < -0.4 is 10.6 Å². The Morgan fingerprint density at radius 1 is 0.861 bits per heavy atom. The number of thioether (sulfide) groups is 1. The first-order valence-electron chi connectivity index (χ1n) is 11.6. The van der Waals surface area contributed by atoms with Gasteiger partial charge in [0.1, 0.15) is 30.6 Å². The van der Waals surface area contributed by atoms with Gasteiger partial charge in [0.2, 0.25) is 5.91 Å². The summed E-state index contributed by atoms with van der Waals surface area (Å²) in [5, 5.41) is 4.57. The molecule has 15 heteroatoms. The van der Waals surface area contributed by atoms with Crippen LogP contribution in [0.3, 0.4) is 0 Å². The summed E-state index contributed by atoms with van der Waals surface area (Å²) in [7, 11) is 0. The molecule has 1 aliphatic heterocycles. The van der Waals surface area contributed by atoms with E-state index < -0.39 is 24.1 Å². The Balaban J connectivity index is 2.46. The standard InChI is InChI=1S/C21H34N4O9S2/c1-3-8-33-19(29)22-13-17(27)31-10-5-24(15-16(26)25-7-12-36-21(25)35)6-11-32-18(28)14-23-20(30)34-9-4-2/h3-15H2,1-2H3,(H,22,29)(H,23,30). The lowest BCUT2D eigenvalue weighted by molar-refractivity contribution is -0.143. The van der Waals surface area contributed by atoms with Crippen molar-refractivity contribution in [3.8, 4) is 0 Å². The molecule has 0 bridgehead atoms. The van der Waals surface area contributed by atoms with Gasteiger partial charge in [0, 0.05) is 25.4 Å². The Hall–Kier alpha value is -2.65. The van der Waals surface area contributed by atoms with Crippen molar-refractivity contribution in [2.45, 2.75) is 26.7 Å². The number of ether oxygens (including phenoxy) is 4. The first-order valence-corrected chi connectivity index (χ1v) is 13.0. The fourth-order valence-electron chi connectivity index (χ4n) is 2.63. The van der Waals surface area contributed by atoms with Crippen LogP contribution in [0.2, 0.25) is 0 Å². The maximum atomic E-state index is 12.6. The van der Waals surface area contributed by atoms with Crippen molar-refractivity contribution in [2.24, 2.45) is 0 Å². The molecule has 1 aliphatic rings. The highest BCUT2D eigenvalue weighted by Gasteiger charge is 2.25. The predicted molar refractivity (Wildman–Crippen MR) is 134 cm³/mol. The van der Waals surface area contributed by atoms with E-state index in [1.807, 2.05) is 13.8 Å². The van der Waals surface area contributed by atoms with Gasteiger partial charge in [0.05, 0.1) is 19.8 Å². The molecule has 36 heavy (non-hydrogen) atoms. The molecule has 0 aromatic rings. The maximum Gasteiger partial charge on any atom is 0.407 e. The number of carbonyl (C=O) groups is 5. The van der Waals surface area contributed by atoms with E-state index in [-0.39, 0.29) is 65.1 Å². The third kappa shape index (κ3) is 14.0. The van der Waals surface area contributed by atoms with Crippen LogP contribution in [0.15, 0.2) is 0 Å². The summed E-state index contributed by atoms with van der Waals surface area (Å²) in [6.07, 6.45) is -0.111. The quantitative estimate of drug-likeness (QED) is 0.156. The maximum absolute atomic E-state index is 12.6. The average Bonchev–Trinajstić information content (AvgIpc) is 3.29. The molecular weight excluding hydrogens is 516 g/mol. The summed E-state index contributed by atoms with van der Waals surface area (Å²) in [6.45, 7) is 4.17. The molecule has 1 rings (SSSR count). The Bertz CT molecular complexity index is 728. The number of esters is 2. The highest BCUT2D eigenvalue weighted by molar-refractivity contribution is 8.23. The van der Waals surface area contributed by atoms with E-state index in [9.17, 15) is 24.0 Å². The zero-order valence-corrected chi connectivity index (χ0v) is 22.2. The van der Waals surface area contributed by atoms with Crippen molar-refractivity contribution in [3.05, 3.63) is 0 Å². The van der Waals surface area contributed by atoms with Gasteiger partial charge in [-0.2, -0.15) is 0 Å². The minimum atomic E-state index is -0.713. The zero-order chi connectivity index (χ0) is 26.8. The summed E-state index contributed by atoms with van der Waals surface area (Å²) in [6, 6.07) is 0. The number of carbonyl (C=O) groups excluding carboxylic acids is 5. The minimum Gasteiger partial charge on any atom is -0.463 e. The molecule has 0 unspecified atom stereocenters. The van der Waals surface area contributed by atoms with E-state index in [0.29, 0.717) is 23.7 Å². The largest absolute Gasteiger partial charge is 0.463 e. The number of amides is 3. The topological polar surface area (TPSA) is 153 Å². The van der Waals surface area contributed by atoms with Gasteiger partial charge in [-0.05, 0) is 12.8 Å². The van der Waals surface area contributed by atoms with E-state index >= 15 is 0 Å². The van der Waals surface area contributed by atoms with Gasteiger partial charge in [-0.1, -0.05) is 37.8 Å². The summed E-state index contributed by atoms with van der Waals surface area (Å²) >= 11 is 6.61. The number of rotatable bonds is 16. The lowest BCUT2D eigenvalue weighted by Crippen LogP contribution is -2.43. The van der Waals surface area contributed by atoms with E-state index in [1.54, 1.807) is 4.90 Å². The molecule has 0 atom stereocenters. The number of alkyl carbamates (subject to hydrolysis) is 2. The summed E-state index contributed by atoms with van der Waals surface area (Å²) < 4.78 is 20.3. The van der Waals surface area contributed by atoms with Crippen molar-refractivity contribution < 1.29 is 42.9 Å². The van der Waals surface area contributed by atoms with E-state index in [0.717, 1.165) is 5.75 Å². The Kier molecular flexibility index (Phi) is 16.2. The van der Waals surface area contributed by atoms with Crippen LogP contribution in [0.4, 0.5) is 9.59 Å². The fraction of sp³-hybridized carbons (Fsp3) is 0.714. The summed E-state index contributed by atoms with van der Waals surface area (Å²) in [5.74, 6) is -0.830. The molecule has 0 radical (unpaired) electrons. The third-order valence-electron chi connectivity index (χ3n) is 4.39. The molecule has 13 nitrogen and oxygen atoms in total. The number of nitrogens with zero attached hydrogens (tertiary/aromatic N) is 2. The van der Waals surface area contributed by atoms with Crippen LogP contribution in [0.25, 0.3) is 0 Å². The van der Waals surface area contributed by atoms with Gasteiger partial charge in [0.15, 0.2) is 0 Å². The molecule has 0 spiro atoms. The van der Waals surface area contributed by atoms with E-state index in [1.165, 1.54) is 16.7 Å². The lowest BCUT2D eigenvalue weighted by Gasteiger charge is -2.24. The second-order valence-corrected chi connectivity index (χ2v) is 9.08. The number of nitrogens with one attached hydrogen (secondary N) is 2. The van der Waals surface area contributed by atoms with Crippen molar-refractivity contribution in [1.82, 2.24) is 20.4 Å². The first-order chi connectivity index (χ1) is 17.3. The van der Waals surface area contributed by atoms with Crippen LogP contribution in [0.1, 0.15) is 26.7 Å². The number of hydrogen-bond donors (Lipinski definition) is 2. The highest BCUT2D eigenvalue weighted by Crippen LogP contribution is 2.18. The molecular formula is C21H34N4O9S2. The SMILES string of the molecule is CCCOC(=O)NCC(=O)OCCN(CCOC(=O)CNC(=O)OCCC)CC(=O)N1CCSC1=S. The van der Waals surface area contributed by atoms with Crippen LogP contribution >= 0.6 is 24.0 Å². The van der Waals surface area contributed by atoms with Crippen LogP contribution in [-0.4, -0.2) is 116 Å². The second kappa shape index (κ2) is 18.6. The van der Waals surface area contributed by atoms with Crippen LogP contribution in [0, 0.1) is 0 Å². The monoisotopic (exact) mass is 550 g/mol. The molecule has 3 amide bonds. The molecule has 1 heterocycles. The Morgan fingerprint density at radius 3 is 1.78 bits per heavy atom. The normalized spacial score (nSPS) is 12.8. The van der Waals surface area contributed by atoms with E-state index in [2.05, 4.69) is 10.6 Å². The van der Waals surface area contributed by atoms with Crippen LogP contribution in [0.5, 0.6) is 0 Å².